The van der Waals surface area contributed by atoms with E-state index in [0.717, 1.165) is 25.6 Å². The number of aromatic nitrogens is 3. The van der Waals surface area contributed by atoms with Crippen LogP contribution >= 0.6 is 0 Å². The number of aliphatic hydroxyl groups excluding tert-OH is 1. The molecule has 8 nitrogen and oxygen atoms in total. The molecule has 0 aromatic carbocycles. The minimum Gasteiger partial charge on any atom is -0.396 e. The molecule has 1 aromatic rings. The maximum absolute atomic E-state index is 9.26. The molecule has 2 saturated heterocycles. The van der Waals surface area contributed by atoms with Crippen molar-refractivity contribution < 1.29 is 9.84 Å². The lowest BCUT2D eigenvalue weighted by Crippen LogP contribution is -2.57. The molecule has 2 aliphatic rings. The van der Waals surface area contributed by atoms with E-state index >= 15 is 0 Å². The molecule has 2 N–H and O–H groups in total. The second-order valence-corrected chi connectivity index (χ2v) is 8.21. The van der Waals surface area contributed by atoms with Crippen LogP contribution in [-0.4, -0.2) is 76.6 Å². The smallest absolute Gasteiger partial charge is 0.230 e. The molecule has 0 bridgehead atoms. The van der Waals surface area contributed by atoms with Crippen molar-refractivity contribution in [2.45, 2.75) is 51.4 Å². The number of ether oxygens (including phenoxy) is 1. The number of hydrogen-bond donors (Lipinski definition) is 2. The monoisotopic (exact) mass is 350 g/mol. The zero-order valence-electron chi connectivity index (χ0n) is 15.7. The van der Waals surface area contributed by atoms with Crippen molar-refractivity contribution in [3.63, 3.8) is 0 Å². The third kappa shape index (κ3) is 4.56. The zero-order valence-corrected chi connectivity index (χ0v) is 15.7. The van der Waals surface area contributed by atoms with Crippen molar-refractivity contribution in [1.29, 1.82) is 0 Å². The number of hydrogen-bond acceptors (Lipinski definition) is 8. The highest BCUT2D eigenvalue weighted by atomic mass is 16.5. The Balaban J connectivity index is 1.78. The van der Waals surface area contributed by atoms with Crippen LogP contribution in [0.5, 0.6) is 0 Å². The Kier molecular flexibility index (Phi) is 5.13. The number of piperazine rings is 1. The normalized spacial score (nSPS) is 25.9. The minimum atomic E-state index is -0.304. The average molecular weight is 350 g/mol. The van der Waals surface area contributed by atoms with E-state index in [4.69, 9.17) is 9.72 Å². The molecule has 1 aromatic heterocycles. The van der Waals surface area contributed by atoms with E-state index in [-0.39, 0.29) is 23.9 Å². The number of rotatable bonds is 4. The maximum Gasteiger partial charge on any atom is 0.230 e. The van der Waals surface area contributed by atoms with E-state index < -0.39 is 0 Å². The van der Waals surface area contributed by atoms with E-state index in [2.05, 4.69) is 52.8 Å². The van der Waals surface area contributed by atoms with E-state index in [1.807, 2.05) is 0 Å². The number of morpholine rings is 1. The van der Waals surface area contributed by atoms with Gasteiger partial charge in [0.15, 0.2) is 0 Å². The van der Waals surface area contributed by atoms with Gasteiger partial charge < -0.3 is 25.0 Å². The summed E-state index contributed by atoms with van der Waals surface area (Å²) in [6.45, 7) is 12.7. The van der Waals surface area contributed by atoms with Crippen LogP contribution in [-0.2, 0) is 4.74 Å². The van der Waals surface area contributed by atoms with Crippen molar-refractivity contribution >= 4 is 11.9 Å². The van der Waals surface area contributed by atoms with Crippen molar-refractivity contribution in [3.05, 3.63) is 6.33 Å². The highest BCUT2D eigenvalue weighted by Gasteiger charge is 2.35. The summed E-state index contributed by atoms with van der Waals surface area (Å²) in [5, 5.41) is 12.8. The highest BCUT2D eigenvalue weighted by Crippen LogP contribution is 2.26. The Labute approximate surface area is 149 Å². The van der Waals surface area contributed by atoms with Gasteiger partial charge in [-0.05, 0) is 34.1 Å². The molecule has 8 heteroatoms. The highest BCUT2D eigenvalue weighted by molar-refractivity contribution is 5.40. The van der Waals surface area contributed by atoms with E-state index in [0.29, 0.717) is 25.5 Å². The van der Waals surface area contributed by atoms with Crippen LogP contribution in [0.15, 0.2) is 6.33 Å². The van der Waals surface area contributed by atoms with Crippen LogP contribution in [0.25, 0.3) is 0 Å². The fraction of sp³-hybridized carbons (Fsp3) is 0.824. The Bertz CT molecular complexity index is 594. The predicted octanol–water partition coefficient (Wildman–Crippen LogP) is 0.426. The summed E-state index contributed by atoms with van der Waals surface area (Å²) in [5.74, 6) is 1.41. The second-order valence-electron chi connectivity index (χ2n) is 8.21. The molecule has 0 spiro atoms. The van der Waals surface area contributed by atoms with E-state index in [1.165, 1.54) is 0 Å². The maximum atomic E-state index is 9.26. The van der Waals surface area contributed by atoms with Gasteiger partial charge in [0, 0.05) is 44.9 Å². The summed E-state index contributed by atoms with van der Waals surface area (Å²) in [6.07, 6.45) is 2.19. The third-order valence-corrected chi connectivity index (χ3v) is 4.62. The van der Waals surface area contributed by atoms with E-state index in [9.17, 15) is 5.11 Å². The summed E-state index contributed by atoms with van der Waals surface area (Å²) in [4.78, 5) is 17.9. The first-order chi connectivity index (χ1) is 11.8. The number of anilines is 2. The summed E-state index contributed by atoms with van der Waals surface area (Å²) in [5.41, 5.74) is -0.264. The van der Waals surface area contributed by atoms with Gasteiger partial charge in [-0.2, -0.15) is 4.98 Å². The van der Waals surface area contributed by atoms with Crippen LogP contribution in [0.1, 0.15) is 34.1 Å². The molecule has 2 fully saturated rings. The largest absolute Gasteiger partial charge is 0.396 e. The molecule has 1 atom stereocenters. The van der Waals surface area contributed by atoms with Crippen molar-refractivity contribution in [2.75, 3.05) is 49.1 Å². The molecule has 0 radical (unpaired) electrons. The van der Waals surface area contributed by atoms with Crippen LogP contribution in [0.3, 0.4) is 0 Å². The topological polar surface area (TPSA) is 86.6 Å². The Morgan fingerprint density at radius 3 is 2.60 bits per heavy atom. The first-order valence-electron chi connectivity index (χ1n) is 9.01. The summed E-state index contributed by atoms with van der Waals surface area (Å²) in [6, 6.07) is 0. The molecule has 140 valence electrons. The predicted molar refractivity (Wildman–Crippen MR) is 97.0 cm³/mol. The van der Waals surface area contributed by atoms with Crippen molar-refractivity contribution in [2.24, 2.45) is 0 Å². The van der Waals surface area contributed by atoms with Gasteiger partial charge in [0.1, 0.15) is 6.33 Å². The van der Waals surface area contributed by atoms with Gasteiger partial charge in [0.05, 0.1) is 11.7 Å². The number of nitrogens with zero attached hydrogens (tertiary/aromatic N) is 5. The number of aliphatic hydroxyl groups is 1. The van der Waals surface area contributed by atoms with Gasteiger partial charge in [-0.3, -0.25) is 0 Å². The lowest BCUT2D eigenvalue weighted by molar-refractivity contribution is -0.0902. The molecule has 3 rings (SSSR count). The fourth-order valence-electron chi connectivity index (χ4n) is 3.64. The third-order valence-electron chi connectivity index (χ3n) is 4.62. The van der Waals surface area contributed by atoms with E-state index in [1.54, 1.807) is 6.33 Å². The molecule has 25 heavy (non-hydrogen) atoms. The van der Waals surface area contributed by atoms with Crippen LogP contribution in [0, 0.1) is 0 Å². The quantitative estimate of drug-likeness (QED) is 0.808. The van der Waals surface area contributed by atoms with Gasteiger partial charge in [0.2, 0.25) is 11.9 Å². The average Bonchev–Trinajstić information content (AvgIpc) is 2.53. The fourth-order valence-corrected chi connectivity index (χ4v) is 3.64. The standard InChI is InChI=1S/C17H30N6O2/c1-16(2)10-22(7-6-20-16)14-18-12-19-15(21-14)23-9-13(5-8-24)25-17(3,4)11-23/h12-13,20,24H,5-11H2,1-4H3. The van der Waals surface area contributed by atoms with Crippen molar-refractivity contribution in [3.8, 4) is 0 Å². The first-order valence-corrected chi connectivity index (χ1v) is 9.01. The number of nitrogens with one attached hydrogen (secondary N) is 1. The molecule has 1 unspecified atom stereocenters. The first kappa shape index (κ1) is 18.3. The summed E-state index contributed by atoms with van der Waals surface area (Å²) >= 11 is 0. The Hall–Kier alpha value is -1.51. The van der Waals surface area contributed by atoms with Crippen molar-refractivity contribution in [1.82, 2.24) is 20.3 Å². The van der Waals surface area contributed by atoms with Gasteiger partial charge in [-0.15, -0.1) is 0 Å². The summed E-state index contributed by atoms with van der Waals surface area (Å²) in [7, 11) is 0. The van der Waals surface area contributed by atoms with Gasteiger partial charge >= 0.3 is 0 Å². The molecule has 0 aliphatic carbocycles. The second kappa shape index (κ2) is 7.01. The Morgan fingerprint density at radius 2 is 1.92 bits per heavy atom. The summed E-state index contributed by atoms with van der Waals surface area (Å²) < 4.78 is 6.05. The SMILES string of the molecule is CC1(C)CN(c2ncnc(N3CC(CCO)OC(C)(C)C3)n2)CCN1. The van der Waals surface area contributed by atoms with Crippen LogP contribution < -0.4 is 15.1 Å². The van der Waals surface area contributed by atoms with Gasteiger partial charge in [0.25, 0.3) is 0 Å². The van der Waals surface area contributed by atoms with Crippen LogP contribution in [0.4, 0.5) is 11.9 Å². The molecule has 2 aliphatic heterocycles. The lowest BCUT2D eigenvalue weighted by Gasteiger charge is -2.43. The minimum absolute atomic E-state index is 0.0212. The zero-order chi connectivity index (χ0) is 18.1. The molecule has 0 saturated carbocycles. The van der Waals surface area contributed by atoms with Gasteiger partial charge in [-0.25, -0.2) is 9.97 Å². The Morgan fingerprint density at radius 1 is 1.20 bits per heavy atom. The molecule has 3 heterocycles. The molecular formula is C17H30N6O2. The van der Waals surface area contributed by atoms with Gasteiger partial charge in [-0.1, -0.05) is 0 Å². The lowest BCUT2D eigenvalue weighted by atomic mass is 10.0. The molecular weight excluding hydrogens is 320 g/mol. The van der Waals surface area contributed by atoms with Crippen LogP contribution in [0.2, 0.25) is 0 Å². The molecule has 0 amide bonds.